The van der Waals surface area contributed by atoms with Gasteiger partial charge in [-0.25, -0.2) is 9.66 Å². The molecule has 9 heteroatoms. The van der Waals surface area contributed by atoms with Gasteiger partial charge in [0.15, 0.2) is 0 Å². The van der Waals surface area contributed by atoms with Crippen molar-refractivity contribution in [2.45, 2.75) is 6.92 Å². The highest BCUT2D eigenvalue weighted by molar-refractivity contribution is 5.99. The molecular formula is C15H11N7O2. The average Bonchev–Trinajstić information content (AvgIpc) is 2.98. The highest BCUT2D eigenvalue weighted by Gasteiger charge is 2.12. The lowest BCUT2D eigenvalue weighted by Gasteiger charge is -2.09. The van der Waals surface area contributed by atoms with Crippen molar-refractivity contribution in [3.05, 3.63) is 64.7 Å². The molecule has 4 aromatic heterocycles. The Kier molecular flexibility index (Phi) is 3.05. The number of fused-ring (bicyclic) bond motifs is 3. The maximum atomic E-state index is 12.6. The van der Waals surface area contributed by atoms with Crippen LogP contribution in [0.25, 0.3) is 16.7 Å². The van der Waals surface area contributed by atoms with E-state index in [0.29, 0.717) is 28.1 Å². The highest BCUT2D eigenvalue weighted by atomic mass is 16.2. The predicted molar refractivity (Wildman–Crippen MR) is 85.2 cm³/mol. The fourth-order valence-corrected chi connectivity index (χ4v) is 2.38. The zero-order valence-corrected chi connectivity index (χ0v) is 12.5. The monoisotopic (exact) mass is 321 g/mol. The van der Waals surface area contributed by atoms with Crippen molar-refractivity contribution in [1.82, 2.24) is 29.2 Å². The van der Waals surface area contributed by atoms with E-state index in [9.17, 15) is 9.59 Å². The van der Waals surface area contributed by atoms with E-state index in [1.807, 2.05) is 0 Å². The molecule has 0 aliphatic carbocycles. The van der Waals surface area contributed by atoms with Gasteiger partial charge in [-0.05, 0) is 25.1 Å². The lowest BCUT2D eigenvalue weighted by atomic mass is 10.3. The van der Waals surface area contributed by atoms with Crippen LogP contribution in [-0.4, -0.2) is 35.1 Å². The minimum Gasteiger partial charge on any atom is -0.267 e. The van der Waals surface area contributed by atoms with Crippen LogP contribution >= 0.6 is 0 Å². The molecule has 0 spiro atoms. The molecule has 0 bridgehead atoms. The van der Waals surface area contributed by atoms with Crippen molar-refractivity contribution in [3.63, 3.8) is 0 Å². The largest absolute Gasteiger partial charge is 0.280 e. The van der Waals surface area contributed by atoms with E-state index >= 15 is 0 Å². The first kappa shape index (κ1) is 14.0. The van der Waals surface area contributed by atoms with Gasteiger partial charge < -0.3 is 0 Å². The fourth-order valence-electron chi connectivity index (χ4n) is 2.38. The summed E-state index contributed by atoms with van der Waals surface area (Å²) in [6.07, 6.45) is 5.88. The Hall–Kier alpha value is -3.62. The molecule has 118 valence electrons. The molecule has 0 saturated carbocycles. The van der Waals surface area contributed by atoms with Crippen molar-refractivity contribution in [2.75, 3.05) is 5.43 Å². The third kappa shape index (κ3) is 2.19. The topological polar surface area (TPSA) is 107 Å². The Bertz CT molecular complexity index is 1130. The van der Waals surface area contributed by atoms with Crippen LogP contribution in [0.1, 0.15) is 16.2 Å². The van der Waals surface area contributed by atoms with E-state index in [0.717, 1.165) is 4.68 Å². The molecule has 4 rings (SSSR count). The van der Waals surface area contributed by atoms with Crippen LogP contribution in [0.4, 0.5) is 0 Å². The zero-order valence-electron chi connectivity index (χ0n) is 12.5. The molecular weight excluding hydrogens is 310 g/mol. The molecule has 9 nitrogen and oxygen atoms in total. The van der Waals surface area contributed by atoms with E-state index in [4.69, 9.17) is 0 Å². The zero-order chi connectivity index (χ0) is 16.7. The van der Waals surface area contributed by atoms with Gasteiger partial charge in [0.25, 0.3) is 17.2 Å². The predicted octanol–water partition coefficient (Wildman–Crippen LogP) is 0.527. The van der Waals surface area contributed by atoms with Gasteiger partial charge in [0.05, 0.1) is 16.5 Å². The number of hydrogen-bond donors (Lipinski definition) is 1. The first-order valence-corrected chi connectivity index (χ1v) is 7.08. The van der Waals surface area contributed by atoms with Crippen molar-refractivity contribution in [3.8, 4) is 0 Å². The first-order valence-electron chi connectivity index (χ1n) is 7.08. The number of hydrogen-bond acceptors (Lipinski definition) is 6. The number of nitrogens with one attached hydrogen (secondary N) is 1. The molecule has 4 aromatic rings. The van der Waals surface area contributed by atoms with Crippen LogP contribution in [0.5, 0.6) is 0 Å². The normalized spacial score (nSPS) is 11.0. The van der Waals surface area contributed by atoms with E-state index in [1.165, 1.54) is 23.1 Å². The van der Waals surface area contributed by atoms with Crippen molar-refractivity contribution < 1.29 is 4.79 Å². The van der Waals surface area contributed by atoms with Crippen LogP contribution in [0.3, 0.4) is 0 Å². The summed E-state index contributed by atoms with van der Waals surface area (Å²) < 4.78 is 2.61. The summed E-state index contributed by atoms with van der Waals surface area (Å²) in [7, 11) is 0. The summed E-state index contributed by atoms with van der Waals surface area (Å²) in [4.78, 5) is 36.9. The van der Waals surface area contributed by atoms with E-state index < -0.39 is 11.5 Å². The van der Waals surface area contributed by atoms with Crippen LogP contribution in [-0.2, 0) is 0 Å². The van der Waals surface area contributed by atoms with Crippen molar-refractivity contribution >= 4 is 22.6 Å². The van der Waals surface area contributed by atoms with Crippen LogP contribution in [0.15, 0.2) is 47.8 Å². The summed E-state index contributed by atoms with van der Waals surface area (Å²) in [5, 5.41) is 4.54. The van der Waals surface area contributed by atoms with E-state index in [1.54, 1.807) is 31.3 Å². The maximum absolute atomic E-state index is 12.6. The molecule has 0 aliphatic rings. The summed E-state index contributed by atoms with van der Waals surface area (Å²) in [6, 6.07) is 4.92. The molecule has 0 fully saturated rings. The minimum absolute atomic E-state index is 0.321. The Morgan fingerprint density at radius 1 is 1.25 bits per heavy atom. The molecule has 0 unspecified atom stereocenters. The Balaban J connectivity index is 1.80. The quantitative estimate of drug-likeness (QED) is 0.577. The summed E-state index contributed by atoms with van der Waals surface area (Å²) >= 11 is 0. The maximum Gasteiger partial charge on any atom is 0.280 e. The van der Waals surface area contributed by atoms with E-state index in [-0.39, 0.29) is 0 Å². The Morgan fingerprint density at radius 2 is 2.12 bits per heavy atom. The third-order valence-corrected chi connectivity index (χ3v) is 3.49. The van der Waals surface area contributed by atoms with Gasteiger partial charge in [-0.2, -0.15) is 9.50 Å². The van der Waals surface area contributed by atoms with Gasteiger partial charge in [-0.1, -0.05) is 0 Å². The number of carbonyl (C=O) groups excluding carboxylic acids is 1. The van der Waals surface area contributed by atoms with Gasteiger partial charge in [0, 0.05) is 24.8 Å². The summed E-state index contributed by atoms with van der Waals surface area (Å²) in [6.45, 7) is 1.75. The number of carbonyl (C=O) groups is 1. The van der Waals surface area contributed by atoms with Gasteiger partial charge in [-0.15, -0.1) is 5.10 Å². The molecule has 0 radical (unpaired) electrons. The number of rotatable bonds is 2. The first-order chi connectivity index (χ1) is 11.6. The summed E-state index contributed by atoms with van der Waals surface area (Å²) in [5.74, 6) is 0.538. The van der Waals surface area contributed by atoms with Gasteiger partial charge in [0.1, 0.15) is 5.82 Å². The molecule has 0 saturated heterocycles. The number of pyridine rings is 2. The SMILES string of the molecule is Cc1nc2ncc3c(=O)n(NC(=O)c4cccnc4)ccc3n2n1. The fraction of sp³-hybridized carbons (Fsp3) is 0.0667. The van der Waals surface area contributed by atoms with Gasteiger partial charge in [0.2, 0.25) is 0 Å². The molecule has 1 amide bonds. The van der Waals surface area contributed by atoms with Gasteiger partial charge in [-0.3, -0.25) is 20.0 Å². The summed E-state index contributed by atoms with van der Waals surface area (Å²) in [5.41, 5.74) is 3.03. The molecule has 0 atom stereocenters. The molecule has 0 aromatic carbocycles. The second-order valence-electron chi connectivity index (χ2n) is 5.10. The number of nitrogens with zero attached hydrogens (tertiary/aromatic N) is 6. The Labute approximate surface area is 134 Å². The Morgan fingerprint density at radius 3 is 2.92 bits per heavy atom. The number of amides is 1. The number of aryl methyl sites for hydroxylation is 1. The molecule has 0 aliphatic heterocycles. The smallest absolute Gasteiger partial charge is 0.267 e. The van der Waals surface area contributed by atoms with Crippen LogP contribution in [0, 0.1) is 6.92 Å². The standard InChI is InChI=1S/C15H11N7O2/c1-9-18-15-17-8-11-12(22(15)19-9)4-6-21(14(11)24)20-13(23)10-3-2-5-16-7-10/h2-8H,1H3,(H,20,23). The van der Waals surface area contributed by atoms with Crippen LogP contribution in [0.2, 0.25) is 0 Å². The minimum atomic E-state index is -0.435. The lowest BCUT2D eigenvalue weighted by molar-refractivity contribution is 0.101. The average molecular weight is 321 g/mol. The molecule has 24 heavy (non-hydrogen) atoms. The third-order valence-electron chi connectivity index (χ3n) is 3.49. The van der Waals surface area contributed by atoms with Crippen molar-refractivity contribution in [1.29, 1.82) is 0 Å². The second-order valence-corrected chi connectivity index (χ2v) is 5.10. The van der Waals surface area contributed by atoms with Crippen molar-refractivity contribution in [2.24, 2.45) is 0 Å². The number of aromatic nitrogens is 6. The van der Waals surface area contributed by atoms with Crippen LogP contribution < -0.4 is 11.0 Å². The molecule has 4 heterocycles. The second kappa shape index (κ2) is 5.23. The highest BCUT2D eigenvalue weighted by Crippen LogP contribution is 2.09. The van der Waals surface area contributed by atoms with E-state index in [2.05, 4.69) is 25.5 Å². The van der Waals surface area contributed by atoms with Gasteiger partial charge >= 0.3 is 0 Å². The lowest BCUT2D eigenvalue weighted by Crippen LogP contribution is -2.33. The molecule has 1 N–H and O–H groups in total.